The SMILES string of the molecule is CCCC1CCN(CCC(C)(C)C(N)=NO)CC1. The smallest absolute Gasteiger partial charge is 0.144 e. The molecule has 1 fully saturated rings. The van der Waals surface area contributed by atoms with E-state index in [0.717, 1.165) is 18.9 Å². The number of hydrogen-bond acceptors (Lipinski definition) is 3. The van der Waals surface area contributed by atoms with E-state index in [0.29, 0.717) is 5.84 Å². The van der Waals surface area contributed by atoms with Gasteiger partial charge < -0.3 is 15.8 Å². The van der Waals surface area contributed by atoms with Gasteiger partial charge in [-0.2, -0.15) is 0 Å². The third-order valence-electron chi connectivity index (χ3n) is 4.26. The first-order valence-electron chi connectivity index (χ1n) is 7.20. The summed E-state index contributed by atoms with van der Waals surface area (Å²) in [4.78, 5) is 2.51. The lowest BCUT2D eigenvalue weighted by molar-refractivity contribution is 0.165. The van der Waals surface area contributed by atoms with Crippen LogP contribution < -0.4 is 5.73 Å². The summed E-state index contributed by atoms with van der Waals surface area (Å²) in [6, 6.07) is 0. The summed E-state index contributed by atoms with van der Waals surface area (Å²) < 4.78 is 0. The van der Waals surface area contributed by atoms with Crippen molar-refractivity contribution in [3.63, 3.8) is 0 Å². The first-order chi connectivity index (χ1) is 8.49. The van der Waals surface area contributed by atoms with Crippen molar-refractivity contribution in [2.24, 2.45) is 22.2 Å². The van der Waals surface area contributed by atoms with Crippen LogP contribution >= 0.6 is 0 Å². The predicted molar refractivity (Wildman–Crippen MR) is 75.9 cm³/mol. The monoisotopic (exact) mass is 255 g/mol. The summed E-state index contributed by atoms with van der Waals surface area (Å²) in [5.74, 6) is 1.27. The van der Waals surface area contributed by atoms with Crippen molar-refractivity contribution in [1.82, 2.24) is 4.90 Å². The number of rotatable bonds is 6. The molecular formula is C14H29N3O. The molecule has 0 saturated carbocycles. The molecule has 0 atom stereocenters. The van der Waals surface area contributed by atoms with Crippen molar-refractivity contribution in [3.8, 4) is 0 Å². The topological polar surface area (TPSA) is 61.8 Å². The summed E-state index contributed by atoms with van der Waals surface area (Å²) >= 11 is 0. The molecule has 0 spiro atoms. The molecule has 0 amide bonds. The quantitative estimate of drug-likeness (QED) is 0.332. The van der Waals surface area contributed by atoms with Gasteiger partial charge in [0.2, 0.25) is 0 Å². The van der Waals surface area contributed by atoms with Gasteiger partial charge in [0.15, 0.2) is 0 Å². The Morgan fingerprint density at radius 2 is 2.00 bits per heavy atom. The number of nitrogens with two attached hydrogens (primary N) is 1. The minimum Gasteiger partial charge on any atom is -0.409 e. The zero-order chi connectivity index (χ0) is 13.6. The van der Waals surface area contributed by atoms with Gasteiger partial charge >= 0.3 is 0 Å². The van der Waals surface area contributed by atoms with Crippen LogP contribution in [-0.4, -0.2) is 35.6 Å². The van der Waals surface area contributed by atoms with Gasteiger partial charge in [-0.15, -0.1) is 0 Å². The van der Waals surface area contributed by atoms with Gasteiger partial charge in [-0.05, 0) is 44.8 Å². The lowest BCUT2D eigenvalue weighted by atomic mass is 9.87. The van der Waals surface area contributed by atoms with Gasteiger partial charge in [0.1, 0.15) is 5.84 Å². The van der Waals surface area contributed by atoms with E-state index in [2.05, 4.69) is 17.0 Å². The van der Waals surface area contributed by atoms with Gasteiger partial charge in [0.25, 0.3) is 0 Å². The summed E-state index contributed by atoms with van der Waals surface area (Å²) in [6.45, 7) is 9.79. The number of amidine groups is 1. The van der Waals surface area contributed by atoms with Crippen LogP contribution in [0, 0.1) is 11.3 Å². The number of nitrogens with zero attached hydrogens (tertiary/aromatic N) is 2. The molecule has 1 aliphatic rings. The van der Waals surface area contributed by atoms with E-state index in [1.807, 2.05) is 13.8 Å². The van der Waals surface area contributed by atoms with E-state index in [1.54, 1.807) is 0 Å². The second-order valence-electron chi connectivity index (χ2n) is 6.19. The number of likely N-dealkylation sites (tertiary alicyclic amines) is 1. The molecule has 0 aromatic carbocycles. The molecule has 3 N–H and O–H groups in total. The first-order valence-corrected chi connectivity index (χ1v) is 7.20. The van der Waals surface area contributed by atoms with Crippen LogP contribution in [0.4, 0.5) is 0 Å². The first kappa shape index (κ1) is 15.3. The fraction of sp³-hybridized carbons (Fsp3) is 0.929. The van der Waals surface area contributed by atoms with Crippen LogP contribution in [-0.2, 0) is 0 Å². The number of oxime groups is 1. The maximum absolute atomic E-state index is 8.75. The Morgan fingerprint density at radius 1 is 1.39 bits per heavy atom. The minimum atomic E-state index is -0.213. The highest BCUT2D eigenvalue weighted by Crippen LogP contribution is 2.25. The zero-order valence-corrected chi connectivity index (χ0v) is 12.2. The molecule has 0 radical (unpaired) electrons. The second-order valence-corrected chi connectivity index (χ2v) is 6.19. The van der Waals surface area contributed by atoms with Crippen molar-refractivity contribution in [2.45, 2.75) is 52.9 Å². The van der Waals surface area contributed by atoms with Gasteiger partial charge in [-0.1, -0.05) is 38.8 Å². The molecule has 1 rings (SSSR count). The van der Waals surface area contributed by atoms with Crippen molar-refractivity contribution < 1.29 is 5.21 Å². The molecule has 4 nitrogen and oxygen atoms in total. The number of hydrogen-bond donors (Lipinski definition) is 2. The Bertz CT molecular complexity index is 268. The van der Waals surface area contributed by atoms with Gasteiger partial charge in [-0.25, -0.2) is 0 Å². The molecule has 0 aromatic rings. The lowest BCUT2D eigenvalue weighted by Crippen LogP contribution is -2.39. The Balaban J connectivity index is 2.29. The summed E-state index contributed by atoms with van der Waals surface area (Å²) in [5.41, 5.74) is 5.50. The van der Waals surface area contributed by atoms with E-state index >= 15 is 0 Å². The second kappa shape index (κ2) is 6.98. The van der Waals surface area contributed by atoms with Crippen molar-refractivity contribution >= 4 is 5.84 Å². The van der Waals surface area contributed by atoms with Crippen LogP contribution in [0.25, 0.3) is 0 Å². The average Bonchev–Trinajstić information content (AvgIpc) is 2.37. The van der Waals surface area contributed by atoms with E-state index in [9.17, 15) is 0 Å². The Hall–Kier alpha value is -0.770. The predicted octanol–water partition coefficient (Wildman–Crippen LogP) is 2.66. The van der Waals surface area contributed by atoms with Crippen molar-refractivity contribution in [1.29, 1.82) is 0 Å². The average molecular weight is 255 g/mol. The third kappa shape index (κ3) is 4.48. The molecule has 18 heavy (non-hydrogen) atoms. The Kier molecular flexibility index (Phi) is 5.93. The van der Waals surface area contributed by atoms with E-state index in [-0.39, 0.29) is 5.41 Å². The lowest BCUT2D eigenvalue weighted by Gasteiger charge is -2.34. The van der Waals surface area contributed by atoms with E-state index in [1.165, 1.54) is 38.8 Å². The Morgan fingerprint density at radius 3 is 2.50 bits per heavy atom. The maximum atomic E-state index is 8.75. The molecule has 4 heteroatoms. The highest BCUT2D eigenvalue weighted by Gasteiger charge is 2.25. The molecule has 1 heterocycles. The maximum Gasteiger partial charge on any atom is 0.144 e. The zero-order valence-electron chi connectivity index (χ0n) is 12.2. The highest BCUT2D eigenvalue weighted by molar-refractivity contribution is 5.85. The normalized spacial score (nSPS) is 20.3. The summed E-state index contributed by atoms with van der Waals surface area (Å²) in [6.07, 6.45) is 6.29. The molecule has 0 unspecified atom stereocenters. The third-order valence-corrected chi connectivity index (χ3v) is 4.26. The van der Waals surface area contributed by atoms with Gasteiger partial charge in [-0.3, -0.25) is 0 Å². The highest BCUT2D eigenvalue weighted by atomic mass is 16.4. The fourth-order valence-corrected chi connectivity index (χ4v) is 2.61. The van der Waals surface area contributed by atoms with E-state index < -0.39 is 0 Å². The van der Waals surface area contributed by atoms with Crippen LogP contribution in [0.15, 0.2) is 5.16 Å². The minimum absolute atomic E-state index is 0.213. The largest absolute Gasteiger partial charge is 0.409 e. The summed E-state index contributed by atoms with van der Waals surface area (Å²) in [5, 5.41) is 11.9. The molecule has 1 saturated heterocycles. The standard InChI is InChI=1S/C14H29N3O/c1-4-5-12-6-9-17(10-7-12)11-8-14(2,3)13(15)16-18/h12,18H,4-11H2,1-3H3,(H2,15,16). The fourth-order valence-electron chi connectivity index (χ4n) is 2.61. The van der Waals surface area contributed by atoms with Crippen LogP contribution in [0.1, 0.15) is 52.9 Å². The van der Waals surface area contributed by atoms with Crippen molar-refractivity contribution in [3.05, 3.63) is 0 Å². The number of piperidine rings is 1. The molecule has 1 aliphatic heterocycles. The Labute approximate surface area is 111 Å². The van der Waals surface area contributed by atoms with Crippen molar-refractivity contribution in [2.75, 3.05) is 19.6 Å². The van der Waals surface area contributed by atoms with Crippen LogP contribution in [0.3, 0.4) is 0 Å². The molecule has 0 aliphatic carbocycles. The molecular weight excluding hydrogens is 226 g/mol. The van der Waals surface area contributed by atoms with Gasteiger partial charge in [0.05, 0.1) is 0 Å². The van der Waals surface area contributed by atoms with Crippen LogP contribution in [0.2, 0.25) is 0 Å². The summed E-state index contributed by atoms with van der Waals surface area (Å²) in [7, 11) is 0. The molecule has 0 aromatic heterocycles. The van der Waals surface area contributed by atoms with Gasteiger partial charge in [0, 0.05) is 5.41 Å². The van der Waals surface area contributed by atoms with Crippen LogP contribution in [0.5, 0.6) is 0 Å². The van der Waals surface area contributed by atoms with E-state index in [4.69, 9.17) is 10.9 Å². The molecule has 106 valence electrons. The molecule has 0 bridgehead atoms.